The molecule has 2 saturated heterocycles. The zero-order valence-corrected chi connectivity index (χ0v) is 15.3. The fourth-order valence-corrected chi connectivity index (χ4v) is 4.61. The van der Waals surface area contributed by atoms with E-state index in [1.54, 1.807) is 6.07 Å². The van der Waals surface area contributed by atoms with Gasteiger partial charge in [0.05, 0.1) is 18.8 Å². The lowest BCUT2D eigenvalue weighted by Crippen LogP contribution is -2.47. The number of hydrogen-bond acceptors (Lipinski definition) is 2. The molecule has 0 saturated carbocycles. The summed E-state index contributed by atoms with van der Waals surface area (Å²) in [6.45, 7) is 10.3. The third kappa shape index (κ3) is 3.50. The normalized spacial score (nSPS) is 25.6. The Kier molecular flexibility index (Phi) is 4.78. The maximum Gasteiger partial charge on any atom is 0.416 e. The highest BCUT2D eigenvalue weighted by Gasteiger charge is 2.61. The number of benzene rings is 1. The molecule has 2 aliphatic heterocycles. The fourth-order valence-electron chi connectivity index (χ4n) is 4.61. The smallest absolute Gasteiger partial charge is 0.415 e. The summed E-state index contributed by atoms with van der Waals surface area (Å²) in [5.41, 5.74) is 0.224. The summed E-state index contributed by atoms with van der Waals surface area (Å²) in [6.07, 6.45) is -2.74. The van der Waals surface area contributed by atoms with E-state index in [4.69, 9.17) is 9.31 Å². The predicted molar refractivity (Wildman–Crippen MR) is 94.7 cm³/mol. The van der Waals surface area contributed by atoms with Crippen molar-refractivity contribution in [3.63, 3.8) is 0 Å². The van der Waals surface area contributed by atoms with Crippen LogP contribution in [-0.2, 0) is 21.9 Å². The van der Waals surface area contributed by atoms with Crippen LogP contribution in [0.5, 0.6) is 0 Å². The van der Waals surface area contributed by atoms with Crippen LogP contribution in [0.3, 0.4) is 0 Å². The summed E-state index contributed by atoms with van der Waals surface area (Å²) < 4.78 is 50.6. The van der Waals surface area contributed by atoms with E-state index >= 15 is 0 Å². The van der Waals surface area contributed by atoms with Crippen molar-refractivity contribution >= 4 is 13.6 Å². The molecule has 7 heteroatoms. The average molecular weight is 352 g/mol. The maximum absolute atomic E-state index is 13.0. The summed E-state index contributed by atoms with van der Waals surface area (Å²) in [5.74, 6) is 0.233. The van der Waals surface area contributed by atoms with Crippen LogP contribution < -0.4 is 0 Å². The molecule has 0 spiro atoms. The van der Waals surface area contributed by atoms with Crippen LogP contribution in [0, 0.1) is 5.41 Å². The van der Waals surface area contributed by atoms with Gasteiger partial charge in [0.2, 0.25) is 0 Å². The molecule has 1 aromatic carbocycles. The Morgan fingerprint density at radius 3 is 2.36 bits per heavy atom. The first-order valence-electron chi connectivity index (χ1n) is 8.92. The lowest BCUT2D eigenvalue weighted by Gasteiger charge is -2.38. The van der Waals surface area contributed by atoms with Gasteiger partial charge in [-0.05, 0) is 23.5 Å². The molecule has 1 atom stereocenters. The van der Waals surface area contributed by atoms with E-state index < -0.39 is 11.7 Å². The van der Waals surface area contributed by atoms with Crippen LogP contribution in [0.1, 0.15) is 45.2 Å². The summed E-state index contributed by atoms with van der Waals surface area (Å²) in [7, 11) is -0.257. The van der Waals surface area contributed by atoms with Crippen molar-refractivity contribution in [2.45, 2.75) is 57.8 Å². The van der Waals surface area contributed by atoms with Crippen molar-refractivity contribution in [2.24, 2.45) is 5.41 Å². The molecule has 3 rings (SSSR count). The Morgan fingerprint density at radius 1 is 1.12 bits per heavy atom. The molecule has 1 unspecified atom stereocenters. The van der Waals surface area contributed by atoms with Gasteiger partial charge in [0, 0.05) is 0 Å². The van der Waals surface area contributed by atoms with Gasteiger partial charge in [-0.15, -0.1) is 0 Å². The monoisotopic (exact) mass is 352 g/mol. The van der Waals surface area contributed by atoms with Gasteiger partial charge >= 0.3 is 13.2 Å². The van der Waals surface area contributed by atoms with Gasteiger partial charge in [0.15, 0.2) is 6.60 Å². The first-order valence-corrected chi connectivity index (χ1v) is 8.92. The molecular formula is C18H25B2F3O2. The molecule has 2 heterocycles. The number of rotatable bonds is 3. The van der Waals surface area contributed by atoms with E-state index in [-0.39, 0.29) is 30.2 Å². The van der Waals surface area contributed by atoms with Gasteiger partial charge in [0.25, 0.3) is 0 Å². The Bertz CT molecular complexity index is 625. The molecule has 1 aromatic rings. The molecule has 2 fully saturated rings. The second-order valence-electron chi connectivity index (χ2n) is 8.61. The highest BCUT2D eigenvalue weighted by atomic mass is 19.4. The molecule has 136 valence electrons. The third-order valence-corrected chi connectivity index (χ3v) is 6.55. The molecule has 0 N–H and O–H groups in total. The second kappa shape index (κ2) is 6.34. The van der Waals surface area contributed by atoms with Crippen LogP contribution in [0.2, 0.25) is 11.1 Å². The first-order chi connectivity index (χ1) is 11.5. The summed E-state index contributed by atoms with van der Waals surface area (Å²) >= 11 is 0. The van der Waals surface area contributed by atoms with Crippen molar-refractivity contribution in [3.05, 3.63) is 35.4 Å². The average Bonchev–Trinajstić information content (AvgIpc) is 3.04. The van der Waals surface area contributed by atoms with E-state index in [9.17, 15) is 13.2 Å². The summed E-state index contributed by atoms with van der Waals surface area (Å²) in [5, 5.41) is -0.0195. The van der Waals surface area contributed by atoms with Gasteiger partial charge < -0.3 is 9.31 Å². The van der Waals surface area contributed by atoms with Crippen LogP contribution in [-0.4, -0.2) is 26.8 Å². The molecule has 2 aliphatic rings. The van der Waals surface area contributed by atoms with E-state index in [0.717, 1.165) is 18.1 Å². The van der Waals surface area contributed by atoms with Gasteiger partial charge in [0.1, 0.15) is 0 Å². The highest BCUT2D eigenvalue weighted by molar-refractivity contribution is 7.19. The minimum absolute atomic E-state index is 0.0195. The Hall–Kier alpha value is -0.940. The third-order valence-electron chi connectivity index (χ3n) is 6.55. The molecular weight excluding hydrogens is 327 g/mol. The number of hydrogen-bond donors (Lipinski definition) is 0. The Balaban J connectivity index is 1.87. The predicted octanol–water partition coefficient (Wildman–Crippen LogP) is 4.94. The lowest BCUT2D eigenvalue weighted by molar-refractivity contribution is -0.137. The van der Waals surface area contributed by atoms with Crippen molar-refractivity contribution in [2.75, 3.05) is 13.2 Å². The molecule has 0 aliphatic carbocycles. The minimum atomic E-state index is -4.30. The first kappa shape index (κ1) is 18.8. The standard InChI is InChI=1S/C18H25B2F3O2/c1-16(2)12-15(19(17(16,3)4)20-24-8-9-25-20)11-13-6-5-7-14(10-13)18(21,22)23/h5-7,10,15H,8-9,11-12H2,1-4H3. The maximum atomic E-state index is 13.0. The quantitative estimate of drug-likeness (QED) is 0.718. The molecule has 0 aromatic heterocycles. The number of alkyl halides is 3. The highest BCUT2D eigenvalue weighted by Crippen LogP contribution is 2.62. The van der Waals surface area contributed by atoms with E-state index in [0.29, 0.717) is 19.6 Å². The van der Waals surface area contributed by atoms with Gasteiger partial charge in [-0.3, -0.25) is 0 Å². The van der Waals surface area contributed by atoms with Crippen molar-refractivity contribution in [3.8, 4) is 0 Å². The van der Waals surface area contributed by atoms with Crippen molar-refractivity contribution in [1.29, 1.82) is 0 Å². The lowest BCUT2D eigenvalue weighted by atomic mass is 9.12. The fraction of sp³-hybridized carbons (Fsp3) is 0.667. The zero-order chi connectivity index (χ0) is 18.5. The van der Waals surface area contributed by atoms with E-state index in [1.807, 2.05) is 0 Å². The Morgan fingerprint density at radius 2 is 1.76 bits per heavy atom. The summed E-state index contributed by atoms with van der Waals surface area (Å²) in [4.78, 5) is 0. The van der Waals surface area contributed by atoms with Crippen LogP contribution in [0.4, 0.5) is 13.2 Å². The molecule has 0 bridgehead atoms. The van der Waals surface area contributed by atoms with Gasteiger partial charge in [-0.2, -0.15) is 13.2 Å². The molecule has 0 amide bonds. The molecule has 25 heavy (non-hydrogen) atoms. The topological polar surface area (TPSA) is 18.5 Å². The second-order valence-corrected chi connectivity index (χ2v) is 8.61. The van der Waals surface area contributed by atoms with E-state index in [2.05, 4.69) is 27.7 Å². The van der Waals surface area contributed by atoms with Crippen LogP contribution in [0.15, 0.2) is 24.3 Å². The SMILES string of the molecule is CC1(C)CC(Cc2cccc(C(F)(F)F)c2)B(B2OCCO2)C1(C)C. The largest absolute Gasteiger partial charge is 0.416 e. The minimum Gasteiger partial charge on any atom is -0.415 e. The van der Waals surface area contributed by atoms with Crippen LogP contribution >= 0.6 is 0 Å². The Labute approximate surface area is 148 Å². The van der Waals surface area contributed by atoms with Gasteiger partial charge in [-0.1, -0.05) is 63.4 Å². The zero-order valence-electron chi connectivity index (χ0n) is 15.3. The number of halogens is 3. The summed E-state index contributed by atoms with van der Waals surface area (Å²) in [6, 6.07) is 5.71. The van der Waals surface area contributed by atoms with Crippen molar-refractivity contribution < 1.29 is 22.5 Å². The van der Waals surface area contributed by atoms with Gasteiger partial charge in [-0.25, -0.2) is 0 Å². The molecule has 2 nitrogen and oxygen atoms in total. The van der Waals surface area contributed by atoms with E-state index in [1.165, 1.54) is 12.1 Å². The molecule has 0 radical (unpaired) electrons. The van der Waals surface area contributed by atoms with Crippen molar-refractivity contribution in [1.82, 2.24) is 0 Å². The van der Waals surface area contributed by atoms with Crippen LogP contribution in [0.25, 0.3) is 0 Å².